The fourth-order valence-corrected chi connectivity index (χ4v) is 1.90. The standard InChI is InChI=1S/C12H7BF5NO2/c1-4-5(13(20)21)2-3-19-12(4)6-7(14)9(16)11(18)10(17)8(6)15/h2-3,20-21H,1H3. The average Bonchev–Trinajstić information content (AvgIpc) is 2.44. The van der Waals surface area contributed by atoms with Crippen molar-refractivity contribution in [1.29, 1.82) is 0 Å². The van der Waals surface area contributed by atoms with Gasteiger partial charge in [-0.25, -0.2) is 22.0 Å². The third-order valence-corrected chi connectivity index (χ3v) is 2.97. The van der Waals surface area contributed by atoms with Crippen LogP contribution in [0.2, 0.25) is 0 Å². The number of hydrogen-bond donors (Lipinski definition) is 2. The number of benzene rings is 1. The Morgan fingerprint density at radius 1 is 0.905 bits per heavy atom. The van der Waals surface area contributed by atoms with Crippen LogP contribution in [0.25, 0.3) is 11.3 Å². The molecule has 0 saturated heterocycles. The zero-order valence-electron chi connectivity index (χ0n) is 10.5. The predicted molar refractivity (Wildman–Crippen MR) is 64.0 cm³/mol. The summed E-state index contributed by atoms with van der Waals surface area (Å²) >= 11 is 0. The summed E-state index contributed by atoms with van der Waals surface area (Å²) in [5, 5.41) is 18.2. The molecule has 0 radical (unpaired) electrons. The molecule has 1 aromatic heterocycles. The van der Waals surface area contributed by atoms with Crippen molar-refractivity contribution in [2.24, 2.45) is 0 Å². The molecule has 110 valence electrons. The Morgan fingerprint density at radius 2 is 1.38 bits per heavy atom. The van der Waals surface area contributed by atoms with Crippen LogP contribution < -0.4 is 5.46 Å². The van der Waals surface area contributed by atoms with Crippen LogP contribution in [0.3, 0.4) is 0 Å². The summed E-state index contributed by atoms with van der Waals surface area (Å²) in [6, 6.07) is 1.15. The van der Waals surface area contributed by atoms with E-state index in [-0.39, 0.29) is 11.0 Å². The molecule has 0 saturated carbocycles. The molecule has 0 unspecified atom stereocenters. The summed E-state index contributed by atoms with van der Waals surface area (Å²) in [6.07, 6.45) is 0.967. The maximum absolute atomic E-state index is 13.7. The van der Waals surface area contributed by atoms with Gasteiger partial charge >= 0.3 is 7.12 Å². The SMILES string of the molecule is Cc1c(B(O)O)ccnc1-c1c(F)c(F)c(F)c(F)c1F. The Hall–Kier alpha value is -2.00. The molecular weight excluding hydrogens is 296 g/mol. The molecule has 1 heterocycles. The van der Waals surface area contributed by atoms with Crippen LogP contribution in [0.1, 0.15) is 5.56 Å². The van der Waals surface area contributed by atoms with Gasteiger partial charge in [-0.1, -0.05) is 0 Å². The van der Waals surface area contributed by atoms with E-state index in [0.717, 1.165) is 12.3 Å². The molecule has 0 aliphatic heterocycles. The Labute approximate surface area is 115 Å². The van der Waals surface area contributed by atoms with Crippen LogP contribution in [-0.4, -0.2) is 22.2 Å². The zero-order chi connectivity index (χ0) is 15.9. The normalized spacial score (nSPS) is 10.9. The molecule has 0 spiro atoms. The maximum Gasteiger partial charge on any atom is 0.488 e. The second-order valence-electron chi connectivity index (χ2n) is 4.19. The van der Waals surface area contributed by atoms with E-state index in [0.29, 0.717) is 0 Å². The lowest BCUT2D eigenvalue weighted by atomic mass is 9.77. The third-order valence-electron chi connectivity index (χ3n) is 2.97. The predicted octanol–water partition coefficient (Wildman–Crippen LogP) is 1.43. The molecule has 0 fully saturated rings. The first-order chi connectivity index (χ1) is 9.77. The minimum Gasteiger partial charge on any atom is -0.423 e. The lowest BCUT2D eigenvalue weighted by molar-refractivity contribution is 0.381. The average molecular weight is 303 g/mol. The molecule has 1 aromatic carbocycles. The summed E-state index contributed by atoms with van der Waals surface area (Å²) in [5.41, 5.74) is -2.06. The van der Waals surface area contributed by atoms with Gasteiger partial charge in [-0.2, -0.15) is 0 Å². The number of rotatable bonds is 2. The van der Waals surface area contributed by atoms with Crippen molar-refractivity contribution in [3.05, 3.63) is 46.9 Å². The lowest BCUT2D eigenvalue weighted by Crippen LogP contribution is -2.32. The van der Waals surface area contributed by atoms with Gasteiger partial charge in [0.2, 0.25) is 5.82 Å². The van der Waals surface area contributed by atoms with Crippen molar-refractivity contribution in [3.8, 4) is 11.3 Å². The zero-order valence-corrected chi connectivity index (χ0v) is 10.5. The smallest absolute Gasteiger partial charge is 0.423 e. The number of halogens is 5. The molecule has 0 atom stereocenters. The van der Waals surface area contributed by atoms with Gasteiger partial charge in [0, 0.05) is 6.20 Å². The largest absolute Gasteiger partial charge is 0.488 e. The van der Waals surface area contributed by atoms with Crippen molar-refractivity contribution >= 4 is 12.6 Å². The molecular formula is C12H7BF5NO2. The van der Waals surface area contributed by atoms with Gasteiger partial charge in [-0.15, -0.1) is 0 Å². The number of pyridine rings is 1. The van der Waals surface area contributed by atoms with Crippen LogP contribution in [0.5, 0.6) is 0 Å². The summed E-state index contributed by atoms with van der Waals surface area (Å²) < 4.78 is 66.8. The van der Waals surface area contributed by atoms with Crippen LogP contribution in [0.4, 0.5) is 22.0 Å². The highest BCUT2D eigenvalue weighted by Gasteiger charge is 2.29. The Kier molecular flexibility index (Phi) is 3.97. The van der Waals surface area contributed by atoms with Gasteiger partial charge < -0.3 is 10.0 Å². The minimum absolute atomic E-state index is 0.115. The number of hydrogen-bond acceptors (Lipinski definition) is 3. The first-order valence-corrected chi connectivity index (χ1v) is 5.60. The van der Waals surface area contributed by atoms with Crippen LogP contribution in [0, 0.1) is 36.0 Å². The highest BCUT2D eigenvalue weighted by molar-refractivity contribution is 6.59. The fraction of sp³-hybridized carbons (Fsp3) is 0.0833. The minimum atomic E-state index is -2.27. The van der Waals surface area contributed by atoms with E-state index in [1.54, 1.807) is 0 Å². The van der Waals surface area contributed by atoms with Crippen molar-refractivity contribution in [2.75, 3.05) is 0 Å². The van der Waals surface area contributed by atoms with Gasteiger partial charge in [0.05, 0.1) is 11.3 Å². The molecule has 2 N–H and O–H groups in total. The molecule has 2 aromatic rings. The lowest BCUT2D eigenvalue weighted by Gasteiger charge is -2.12. The molecule has 0 aliphatic rings. The highest BCUT2D eigenvalue weighted by atomic mass is 19.2. The van der Waals surface area contributed by atoms with Gasteiger partial charge in [0.1, 0.15) is 0 Å². The van der Waals surface area contributed by atoms with Gasteiger partial charge in [0.15, 0.2) is 23.3 Å². The van der Waals surface area contributed by atoms with Crippen molar-refractivity contribution in [2.45, 2.75) is 6.92 Å². The summed E-state index contributed by atoms with van der Waals surface area (Å²) in [4.78, 5) is 3.57. The molecule has 0 aliphatic carbocycles. The molecule has 9 heteroatoms. The summed E-state index contributed by atoms with van der Waals surface area (Å²) in [5.74, 6) is -10.5. The second kappa shape index (κ2) is 5.42. The van der Waals surface area contributed by atoms with Gasteiger partial charge in [-0.05, 0) is 24.0 Å². The van der Waals surface area contributed by atoms with Crippen molar-refractivity contribution in [3.63, 3.8) is 0 Å². The molecule has 21 heavy (non-hydrogen) atoms. The Balaban J connectivity index is 2.83. The summed E-state index contributed by atoms with van der Waals surface area (Å²) in [6.45, 7) is 1.22. The summed E-state index contributed by atoms with van der Waals surface area (Å²) in [7, 11) is -1.98. The van der Waals surface area contributed by atoms with Crippen molar-refractivity contribution < 1.29 is 32.0 Å². The van der Waals surface area contributed by atoms with Crippen LogP contribution >= 0.6 is 0 Å². The Bertz CT molecular complexity index is 694. The molecule has 0 amide bonds. The topological polar surface area (TPSA) is 53.4 Å². The van der Waals surface area contributed by atoms with Crippen LogP contribution in [0.15, 0.2) is 12.3 Å². The fourth-order valence-electron chi connectivity index (χ4n) is 1.90. The monoisotopic (exact) mass is 303 g/mol. The highest BCUT2D eigenvalue weighted by Crippen LogP contribution is 2.31. The second-order valence-corrected chi connectivity index (χ2v) is 4.19. The molecule has 0 bridgehead atoms. The van der Waals surface area contributed by atoms with Gasteiger partial charge in [0.25, 0.3) is 0 Å². The van der Waals surface area contributed by atoms with E-state index >= 15 is 0 Å². The Morgan fingerprint density at radius 3 is 1.86 bits per heavy atom. The molecule has 3 nitrogen and oxygen atoms in total. The quantitative estimate of drug-likeness (QED) is 0.382. The maximum atomic E-state index is 13.7. The van der Waals surface area contributed by atoms with Crippen molar-refractivity contribution in [1.82, 2.24) is 4.98 Å². The number of aromatic nitrogens is 1. The van der Waals surface area contributed by atoms with E-state index in [2.05, 4.69) is 4.98 Å². The van der Waals surface area contributed by atoms with Crippen LogP contribution in [-0.2, 0) is 0 Å². The van der Waals surface area contributed by atoms with E-state index in [4.69, 9.17) is 10.0 Å². The third kappa shape index (κ3) is 2.38. The van der Waals surface area contributed by atoms with E-state index in [9.17, 15) is 22.0 Å². The molecule has 2 rings (SSSR count). The van der Waals surface area contributed by atoms with E-state index < -0.39 is 47.5 Å². The first-order valence-electron chi connectivity index (χ1n) is 5.60. The van der Waals surface area contributed by atoms with Gasteiger partial charge in [-0.3, -0.25) is 4.98 Å². The van der Waals surface area contributed by atoms with E-state index in [1.807, 2.05) is 0 Å². The first kappa shape index (κ1) is 15.4. The van der Waals surface area contributed by atoms with E-state index in [1.165, 1.54) is 6.92 Å². The number of nitrogens with zero attached hydrogens (tertiary/aromatic N) is 1.